The molecule has 0 aliphatic carbocycles. The summed E-state index contributed by atoms with van der Waals surface area (Å²) in [4.78, 5) is 22.1. The lowest BCUT2D eigenvalue weighted by Gasteiger charge is -2.36. The summed E-state index contributed by atoms with van der Waals surface area (Å²) in [5.41, 5.74) is 0.828. The summed E-state index contributed by atoms with van der Waals surface area (Å²) in [7, 11) is 1.49. The van der Waals surface area contributed by atoms with Gasteiger partial charge in [-0.05, 0) is 24.6 Å². The predicted octanol–water partition coefficient (Wildman–Crippen LogP) is 2.62. The number of anilines is 1. The first-order chi connectivity index (χ1) is 12.0. The normalized spacial score (nSPS) is 20.2. The number of nitrogens with one attached hydrogen (secondary N) is 1. The smallest absolute Gasteiger partial charge is 0.323 e. The van der Waals surface area contributed by atoms with Crippen LogP contribution >= 0.6 is 0 Å². The fourth-order valence-corrected chi connectivity index (χ4v) is 2.69. The van der Waals surface area contributed by atoms with Crippen LogP contribution in [0.25, 0.3) is 0 Å². The molecule has 2 aromatic rings. The second kappa shape index (κ2) is 7.43. The molecular weight excluding hydrogens is 327 g/mol. The Balaban J connectivity index is 1.70. The first-order valence-electron chi connectivity index (χ1n) is 7.88. The minimum atomic E-state index is -0.310. The molecule has 1 fully saturated rings. The van der Waals surface area contributed by atoms with Crippen LogP contribution in [-0.2, 0) is 4.74 Å². The average molecular weight is 346 g/mol. The topological polar surface area (TPSA) is 76.6 Å². The van der Waals surface area contributed by atoms with E-state index < -0.39 is 0 Å². The third kappa shape index (κ3) is 4.21. The molecule has 1 aliphatic heterocycles. The molecule has 1 aliphatic rings. The number of nitrogens with zero attached hydrogens (tertiary/aromatic N) is 3. The van der Waals surface area contributed by atoms with E-state index in [1.165, 1.54) is 25.6 Å². The van der Waals surface area contributed by atoms with Crippen LogP contribution in [0.1, 0.15) is 18.6 Å². The van der Waals surface area contributed by atoms with E-state index in [2.05, 4.69) is 15.3 Å². The number of hydrogen-bond acceptors (Lipinski definition) is 5. The van der Waals surface area contributed by atoms with Crippen LogP contribution in [0, 0.1) is 5.82 Å². The molecule has 2 unspecified atom stereocenters. The first-order valence-corrected chi connectivity index (χ1v) is 7.88. The minimum Gasteiger partial charge on any atom is -0.481 e. The molecule has 1 aromatic carbocycles. The van der Waals surface area contributed by atoms with Gasteiger partial charge in [0.1, 0.15) is 24.1 Å². The highest BCUT2D eigenvalue weighted by atomic mass is 19.1. The summed E-state index contributed by atoms with van der Waals surface area (Å²) >= 11 is 0. The number of urea groups is 1. The molecule has 0 spiro atoms. The first kappa shape index (κ1) is 17.1. The number of rotatable bonds is 3. The van der Waals surface area contributed by atoms with Gasteiger partial charge in [0.25, 0.3) is 0 Å². The highest BCUT2D eigenvalue weighted by molar-refractivity contribution is 5.88. The van der Waals surface area contributed by atoms with E-state index in [0.717, 1.165) is 5.56 Å². The molecule has 1 aromatic heterocycles. The van der Waals surface area contributed by atoms with Crippen LogP contribution in [-0.4, -0.2) is 47.2 Å². The molecule has 2 amide bonds. The van der Waals surface area contributed by atoms with Gasteiger partial charge in [-0.1, -0.05) is 12.1 Å². The Morgan fingerprint density at radius 1 is 1.32 bits per heavy atom. The van der Waals surface area contributed by atoms with Crippen molar-refractivity contribution >= 4 is 11.8 Å². The van der Waals surface area contributed by atoms with Gasteiger partial charge >= 0.3 is 6.03 Å². The van der Waals surface area contributed by atoms with E-state index in [9.17, 15) is 9.18 Å². The van der Waals surface area contributed by atoms with Crippen LogP contribution < -0.4 is 10.1 Å². The number of carbonyl (C=O) groups excluding carboxylic acids is 1. The van der Waals surface area contributed by atoms with Crippen LogP contribution in [0.2, 0.25) is 0 Å². The van der Waals surface area contributed by atoms with E-state index in [0.29, 0.717) is 24.8 Å². The SMILES string of the molecule is COc1cc(NC(=O)N2CC(C)OC(c3ccc(F)cc3)C2)ncn1. The summed E-state index contributed by atoms with van der Waals surface area (Å²) < 4.78 is 24.0. The molecule has 0 bridgehead atoms. The molecule has 132 valence electrons. The maximum Gasteiger partial charge on any atom is 0.323 e. The van der Waals surface area contributed by atoms with Gasteiger partial charge in [0.15, 0.2) is 0 Å². The third-order valence-corrected chi connectivity index (χ3v) is 3.88. The predicted molar refractivity (Wildman–Crippen MR) is 88.9 cm³/mol. The van der Waals surface area contributed by atoms with Gasteiger partial charge in [-0.15, -0.1) is 0 Å². The number of morpholine rings is 1. The van der Waals surface area contributed by atoms with Crippen LogP contribution in [0.3, 0.4) is 0 Å². The van der Waals surface area contributed by atoms with Gasteiger partial charge in [-0.3, -0.25) is 5.32 Å². The Kier molecular flexibility index (Phi) is 5.08. The molecule has 2 atom stereocenters. The largest absolute Gasteiger partial charge is 0.481 e. The third-order valence-electron chi connectivity index (χ3n) is 3.88. The molecule has 2 heterocycles. The Hall–Kier alpha value is -2.74. The molecule has 1 N–H and O–H groups in total. The van der Waals surface area contributed by atoms with Crippen LogP contribution in [0.5, 0.6) is 5.88 Å². The zero-order valence-electron chi connectivity index (χ0n) is 14.0. The maximum atomic E-state index is 13.1. The second-order valence-electron chi connectivity index (χ2n) is 5.77. The van der Waals surface area contributed by atoms with Gasteiger partial charge < -0.3 is 14.4 Å². The van der Waals surface area contributed by atoms with Crippen molar-refractivity contribution in [2.24, 2.45) is 0 Å². The van der Waals surface area contributed by atoms with E-state index in [1.807, 2.05) is 6.92 Å². The fourth-order valence-electron chi connectivity index (χ4n) is 2.69. The average Bonchev–Trinajstić information content (AvgIpc) is 2.62. The molecule has 1 saturated heterocycles. The summed E-state index contributed by atoms with van der Waals surface area (Å²) in [6.45, 7) is 2.71. The number of ether oxygens (including phenoxy) is 2. The quantitative estimate of drug-likeness (QED) is 0.924. The Morgan fingerprint density at radius 3 is 2.80 bits per heavy atom. The standard InChI is InChI=1S/C17H19FN4O3/c1-11-8-22(9-14(25-11)12-3-5-13(18)6-4-12)17(23)21-15-7-16(24-2)20-10-19-15/h3-7,10-11,14H,8-9H2,1-2H3,(H,19,20,21,23). The lowest BCUT2D eigenvalue weighted by atomic mass is 10.1. The number of hydrogen-bond donors (Lipinski definition) is 1. The summed E-state index contributed by atoms with van der Waals surface area (Å²) in [5.74, 6) is 0.416. The summed E-state index contributed by atoms with van der Waals surface area (Å²) in [6, 6.07) is 7.36. The monoisotopic (exact) mass is 346 g/mol. The van der Waals surface area contributed by atoms with E-state index in [-0.39, 0.29) is 24.1 Å². The number of methoxy groups -OCH3 is 1. The molecule has 8 heteroatoms. The highest BCUT2D eigenvalue weighted by Gasteiger charge is 2.29. The summed E-state index contributed by atoms with van der Waals surface area (Å²) in [5, 5.41) is 2.73. The van der Waals surface area contributed by atoms with E-state index in [4.69, 9.17) is 9.47 Å². The number of carbonyl (C=O) groups is 1. The maximum absolute atomic E-state index is 13.1. The molecule has 0 radical (unpaired) electrons. The zero-order chi connectivity index (χ0) is 17.8. The van der Waals surface area contributed by atoms with Crippen LogP contribution in [0.4, 0.5) is 15.0 Å². The van der Waals surface area contributed by atoms with Crippen molar-refractivity contribution in [3.05, 3.63) is 48.0 Å². The van der Waals surface area contributed by atoms with Crippen molar-refractivity contribution < 1.29 is 18.7 Å². The lowest BCUT2D eigenvalue weighted by molar-refractivity contribution is -0.0642. The molecule has 3 rings (SSSR count). The van der Waals surface area contributed by atoms with Crippen molar-refractivity contribution in [3.8, 4) is 5.88 Å². The minimum absolute atomic E-state index is 0.144. The van der Waals surface area contributed by atoms with Crippen molar-refractivity contribution in [2.75, 3.05) is 25.5 Å². The zero-order valence-corrected chi connectivity index (χ0v) is 14.0. The number of benzene rings is 1. The summed E-state index contributed by atoms with van der Waals surface area (Å²) in [6.07, 6.45) is 0.863. The van der Waals surface area contributed by atoms with Crippen molar-refractivity contribution in [1.82, 2.24) is 14.9 Å². The van der Waals surface area contributed by atoms with Gasteiger partial charge in [0, 0.05) is 12.6 Å². The number of halogens is 1. The van der Waals surface area contributed by atoms with Crippen molar-refractivity contribution in [3.63, 3.8) is 0 Å². The van der Waals surface area contributed by atoms with E-state index >= 15 is 0 Å². The Bertz CT molecular complexity index is 741. The van der Waals surface area contributed by atoms with Crippen molar-refractivity contribution in [2.45, 2.75) is 19.1 Å². The second-order valence-corrected chi connectivity index (χ2v) is 5.77. The van der Waals surface area contributed by atoms with Gasteiger partial charge in [-0.2, -0.15) is 0 Å². The molecule has 25 heavy (non-hydrogen) atoms. The molecule has 7 nitrogen and oxygen atoms in total. The van der Waals surface area contributed by atoms with Gasteiger partial charge in [0.2, 0.25) is 5.88 Å². The van der Waals surface area contributed by atoms with Crippen molar-refractivity contribution in [1.29, 1.82) is 0 Å². The Labute approximate surface area is 144 Å². The van der Waals surface area contributed by atoms with E-state index in [1.54, 1.807) is 23.1 Å². The molecular formula is C17H19FN4O3. The Morgan fingerprint density at radius 2 is 2.08 bits per heavy atom. The van der Waals surface area contributed by atoms with Gasteiger partial charge in [-0.25, -0.2) is 19.2 Å². The molecule has 0 saturated carbocycles. The number of amides is 2. The highest BCUT2D eigenvalue weighted by Crippen LogP contribution is 2.26. The van der Waals surface area contributed by atoms with Crippen LogP contribution in [0.15, 0.2) is 36.7 Å². The van der Waals surface area contributed by atoms with Gasteiger partial charge in [0.05, 0.1) is 19.8 Å². The lowest BCUT2D eigenvalue weighted by Crippen LogP contribution is -2.47. The number of aromatic nitrogens is 2. The fraction of sp³-hybridized carbons (Fsp3) is 0.353.